The minimum absolute atomic E-state index is 0.102. The fourth-order valence-electron chi connectivity index (χ4n) is 12.1. The quantitative estimate of drug-likeness (QED) is 0.193. The van der Waals surface area contributed by atoms with Crippen molar-refractivity contribution in [1.29, 1.82) is 0 Å². The second-order valence-corrected chi connectivity index (χ2v) is 21.2. The highest BCUT2D eigenvalue weighted by Gasteiger charge is 2.44. The van der Waals surface area contributed by atoms with E-state index in [4.69, 9.17) is 9.98 Å². The number of fused-ring (bicyclic) bond motifs is 1. The summed E-state index contributed by atoms with van der Waals surface area (Å²) in [5, 5.41) is 2.20. The first-order chi connectivity index (χ1) is 27.1. The molecule has 0 amide bonds. The minimum Gasteiger partial charge on any atom is -0.313 e. The van der Waals surface area contributed by atoms with Crippen LogP contribution in [0.3, 0.4) is 0 Å². The summed E-state index contributed by atoms with van der Waals surface area (Å²) in [6.07, 6.45) is 51.1. The van der Waals surface area contributed by atoms with E-state index in [0.29, 0.717) is 59.3 Å². The van der Waals surface area contributed by atoms with E-state index in [1.165, 1.54) is 68.2 Å². The fourth-order valence-corrected chi connectivity index (χ4v) is 15.4. The summed E-state index contributed by atoms with van der Waals surface area (Å²) in [6, 6.07) is 10.8. The Morgan fingerprint density at radius 1 is 0.709 bits per heavy atom. The molecule has 4 heteroatoms. The predicted octanol–water partition coefficient (Wildman–Crippen LogP) is 12.9. The number of rotatable bonds is 8. The lowest BCUT2D eigenvalue weighted by atomic mass is 9.60. The zero-order valence-corrected chi connectivity index (χ0v) is 34.1. The third-order valence-corrected chi connectivity index (χ3v) is 18.7. The molecule has 0 saturated carbocycles. The van der Waals surface area contributed by atoms with Gasteiger partial charge in [0.1, 0.15) is 13.0 Å². The van der Waals surface area contributed by atoms with Gasteiger partial charge < -0.3 is 4.57 Å². The molecule has 1 aliphatic heterocycles. The number of amidine groups is 1. The molecule has 1 heterocycles. The summed E-state index contributed by atoms with van der Waals surface area (Å²) in [6.45, 7) is 2.44. The number of hydrogen-bond donors (Lipinski definition) is 0. The van der Waals surface area contributed by atoms with E-state index in [-0.39, 0.29) is 5.66 Å². The van der Waals surface area contributed by atoms with Gasteiger partial charge in [-0.25, -0.2) is 4.99 Å². The van der Waals surface area contributed by atoms with Crippen LogP contribution in [-0.2, 0) is 4.57 Å². The number of nitrogens with zero attached hydrogens (tertiary/aromatic N) is 2. The van der Waals surface area contributed by atoms with Crippen LogP contribution >= 0.6 is 7.14 Å². The lowest BCUT2D eigenvalue weighted by molar-refractivity contribution is 0.197. The zero-order valence-electron chi connectivity index (χ0n) is 33.2. The normalized spacial score (nSPS) is 38.3. The molecule has 0 N–H and O–H groups in total. The van der Waals surface area contributed by atoms with Crippen molar-refractivity contribution in [1.82, 2.24) is 0 Å². The summed E-state index contributed by atoms with van der Waals surface area (Å²) >= 11 is 0. The van der Waals surface area contributed by atoms with Crippen molar-refractivity contribution >= 4 is 24.0 Å². The maximum atomic E-state index is 15.2. The molecule has 55 heavy (non-hydrogen) atoms. The van der Waals surface area contributed by atoms with Crippen molar-refractivity contribution in [2.75, 3.05) is 0 Å². The van der Waals surface area contributed by atoms with Crippen LogP contribution in [0.4, 0.5) is 0 Å². The van der Waals surface area contributed by atoms with E-state index in [0.717, 1.165) is 50.3 Å². The van der Waals surface area contributed by atoms with Gasteiger partial charge in [-0.1, -0.05) is 128 Å². The summed E-state index contributed by atoms with van der Waals surface area (Å²) in [4.78, 5) is 11.0. The van der Waals surface area contributed by atoms with Crippen LogP contribution in [0.15, 0.2) is 136 Å². The molecule has 8 aliphatic rings. The Labute approximate surface area is 331 Å². The van der Waals surface area contributed by atoms with Crippen LogP contribution in [0.2, 0.25) is 0 Å². The maximum absolute atomic E-state index is 15.2. The van der Waals surface area contributed by atoms with Gasteiger partial charge >= 0.3 is 0 Å². The van der Waals surface area contributed by atoms with E-state index in [1.807, 2.05) is 6.07 Å². The van der Waals surface area contributed by atoms with Gasteiger partial charge in [-0.2, -0.15) is 0 Å². The highest BCUT2D eigenvalue weighted by Crippen LogP contribution is 2.62. The summed E-state index contributed by atoms with van der Waals surface area (Å²) in [7, 11) is -2.72. The third kappa shape index (κ3) is 7.49. The molecule has 0 radical (unpaired) electrons. The summed E-state index contributed by atoms with van der Waals surface area (Å²) in [5.41, 5.74) is 3.26. The van der Waals surface area contributed by atoms with Crippen molar-refractivity contribution in [3.8, 4) is 0 Å². The Kier molecular flexibility index (Phi) is 11.3. The average molecular weight is 751 g/mol. The van der Waals surface area contributed by atoms with Gasteiger partial charge in [0.15, 0.2) is 0 Å². The van der Waals surface area contributed by atoms with Gasteiger partial charge in [0.25, 0.3) is 0 Å². The van der Waals surface area contributed by atoms with Gasteiger partial charge in [-0.15, -0.1) is 0 Å². The lowest BCUT2D eigenvalue weighted by Crippen LogP contribution is -2.41. The smallest absolute Gasteiger partial charge is 0.145 e. The van der Waals surface area contributed by atoms with E-state index in [2.05, 4.69) is 116 Å². The van der Waals surface area contributed by atoms with Gasteiger partial charge in [0.05, 0.1) is 6.04 Å². The molecule has 12 unspecified atom stereocenters. The topological polar surface area (TPSA) is 41.8 Å². The second-order valence-electron chi connectivity index (χ2n) is 18.1. The number of aliphatic imine (C=N–C) groups is 2. The molecule has 0 fully saturated rings. The third-order valence-electron chi connectivity index (χ3n) is 15.1. The van der Waals surface area contributed by atoms with Crippen LogP contribution in [0.5, 0.6) is 0 Å². The molecule has 9 rings (SSSR count). The minimum atomic E-state index is -2.72. The van der Waals surface area contributed by atoms with E-state index < -0.39 is 7.14 Å². The maximum Gasteiger partial charge on any atom is 0.145 e. The lowest BCUT2D eigenvalue weighted by Gasteiger charge is -2.45. The first kappa shape index (κ1) is 37.3. The summed E-state index contributed by atoms with van der Waals surface area (Å²) < 4.78 is 15.2. The van der Waals surface area contributed by atoms with Crippen LogP contribution < -0.4 is 5.30 Å². The van der Waals surface area contributed by atoms with Crippen molar-refractivity contribution in [2.45, 2.75) is 115 Å². The molecule has 1 aromatic rings. The fraction of sp³-hybridized carbons (Fsp3) is 0.529. The van der Waals surface area contributed by atoms with E-state index in [1.54, 1.807) is 5.57 Å². The zero-order chi connectivity index (χ0) is 37.2. The monoisotopic (exact) mass is 750 g/mol. The molecule has 7 aliphatic carbocycles. The molecule has 0 spiro atoms. The van der Waals surface area contributed by atoms with Gasteiger partial charge in [0, 0.05) is 34.4 Å². The standard InChI is InChI=1S/C51H63N2OP/c1-36-49(39-16-6-2-7-17-39)52-51(41-18-8-3-9-19-41)53-50(36)40-28-26-37(27-29-40)45-34-35-46(48-25-15-14-24-47(45)48)38-30-32-44(33-31-38)55(54,42-20-10-4-11-21-42)43-22-12-5-13-23-43/h2-6,8,10-12,15,20-22,25-26,28,30,32,34,36-41,44,46-49H,7,9,13-14,16-19,23-24,27,29,31,33,35H2,1H3. The average Bonchev–Trinajstić information content (AvgIpc) is 3.27. The van der Waals surface area contributed by atoms with Crippen LogP contribution in [-0.4, -0.2) is 23.2 Å². The largest absolute Gasteiger partial charge is 0.313 e. The molecule has 0 aromatic heterocycles. The molecule has 3 nitrogen and oxygen atoms in total. The first-order valence-electron chi connectivity index (χ1n) is 22.3. The molecule has 1 aromatic carbocycles. The Bertz CT molecular complexity index is 1920. The number of hydrogen-bond acceptors (Lipinski definition) is 3. The van der Waals surface area contributed by atoms with Gasteiger partial charge in [0.2, 0.25) is 0 Å². The van der Waals surface area contributed by atoms with E-state index >= 15 is 4.57 Å². The van der Waals surface area contributed by atoms with Crippen molar-refractivity contribution < 1.29 is 4.57 Å². The van der Waals surface area contributed by atoms with E-state index in [9.17, 15) is 0 Å². The van der Waals surface area contributed by atoms with Gasteiger partial charge in [-0.3, -0.25) is 4.99 Å². The number of allylic oxidation sites excluding steroid dienone is 16. The molecular formula is C51H63N2OP. The molecule has 0 saturated heterocycles. The SMILES string of the molecule is CC1C(C2C=CC(C3=CCC(C4C=CC(P(=O)(C5=CC=CCC5)c5ccccc5)CC4)C4C=CCCC34)CC2)=NC(C2CC=CCC2)=NC1C1CC=CCC1. The number of benzene rings is 1. The van der Waals surface area contributed by atoms with Crippen LogP contribution in [0.1, 0.15) is 103 Å². The van der Waals surface area contributed by atoms with Crippen LogP contribution in [0.25, 0.3) is 0 Å². The first-order valence-corrected chi connectivity index (χ1v) is 24.1. The predicted molar refractivity (Wildman–Crippen MR) is 233 cm³/mol. The molecule has 0 bridgehead atoms. The highest BCUT2D eigenvalue weighted by atomic mass is 31.2. The highest BCUT2D eigenvalue weighted by molar-refractivity contribution is 7.76. The molecular weight excluding hydrogens is 688 g/mol. The van der Waals surface area contributed by atoms with Crippen molar-refractivity contribution in [3.05, 3.63) is 126 Å². The Hall–Kier alpha value is -3.29. The van der Waals surface area contributed by atoms with Crippen molar-refractivity contribution in [2.24, 2.45) is 63.2 Å². The Balaban J connectivity index is 0.921. The summed E-state index contributed by atoms with van der Waals surface area (Å²) in [5.74, 6) is 6.11. The van der Waals surface area contributed by atoms with Crippen molar-refractivity contribution in [3.63, 3.8) is 0 Å². The van der Waals surface area contributed by atoms with Gasteiger partial charge in [-0.05, 0) is 137 Å². The van der Waals surface area contributed by atoms with Crippen LogP contribution in [0, 0.1) is 53.3 Å². The molecule has 12 atom stereocenters. The molecule has 288 valence electrons. The Morgan fingerprint density at radius 3 is 2.25 bits per heavy atom. The second kappa shape index (κ2) is 16.7. The Morgan fingerprint density at radius 2 is 1.53 bits per heavy atom.